The Morgan fingerprint density at radius 3 is 2.44 bits per heavy atom. The molecule has 0 atom stereocenters. The van der Waals surface area contributed by atoms with Crippen molar-refractivity contribution in [1.82, 2.24) is 14.5 Å². The summed E-state index contributed by atoms with van der Waals surface area (Å²) in [5.41, 5.74) is 1.84. The molecule has 1 heterocycles. The van der Waals surface area contributed by atoms with Gasteiger partial charge in [0, 0.05) is 32.7 Å². The molecule has 1 N–H and O–H groups in total. The molecular formula is C24H33N3O4S. The summed E-state index contributed by atoms with van der Waals surface area (Å²) in [5.74, 6) is 0.797. The number of nitrogens with one attached hydrogen (secondary N) is 1. The van der Waals surface area contributed by atoms with Gasteiger partial charge in [0.15, 0.2) is 0 Å². The standard InChI is InChI=1S/C24H33N3O4S/c1-4-31-22-7-5-6-20(16-22)17-27(18-24(28)26-14-12-25-13-15-26)32(29,30)23-10-8-21(9-11-23)19(2)3/h5-11,16,19,25H,4,12-15,17-18H2,1-3H3. The van der Waals surface area contributed by atoms with Gasteiger partial charge in [-0.05, 0) is 48.2 Å². The van der Waals surface area contributed by atoms with Gasteiger partial charge in [0.2, 0.25) is 15.9 Å². The number of amides is 1. The Bertz CT molecular complexity index is 1000. The third-order valence-electron chi connectivity index (χ3n) is 5.53. The molecule has 1 fully saturated rings. The van der Waals surface area contributed by atoms with Crippen molar-refractivity contribution in [3.8, 4) is 5.75 Å². The van der Waals surface area contributed by atoms with Gasteiger partial charge in [0.1, 0.15) is 5.75 Å². The van der Waals surface area contributed by atoms with Crippen molar-refractivity contribution in [2.45, 2.75) is 38.1 Å². The number of hydrogen-bond donors (Lipinski definition) is 1. The first-order valence-corrected chi connectivity index (χ1v) is 12.6. The van der Waals surface area contributed by atoms with E-state index in [1.54, 1.807) is 17.0 Å². The quantitative estimate of drug-likeness (QED) is 0.624. The lowest BCUT2D eigenvalue weighted by molar-refractivity contribution is -0.132. The van der Waals surface area contributed by atoms with E-state index < -0.39 is 10.0 Å². The molecule has 0 saturated carbocycles. The molecule has 0 aliphatic carbocycles. The number of ether oxygens (including phenoxy) is 1. The predicted octanol–water partition coefficient (Wildman–Crippen LogP) is 2.83. The van der Waals surface area contributed by atoms with E-state index in [9.17, 15) is 13.2 Å². The fourth-order valence-electron chi connectivity index (χ4n) is 3.67. The molecule has 8 heteroatoms. The highest BCUT2D eigenvalue weighted by Gasteiger charge is 2.29. The molecule has 0 spiro atoms. The minimum Gasteiger partial charge on any atom is -0.494 e. The fraction of sp³-hybridized carbons (Fsp3) is 0.458. The van der Waals surface area contributed by atoms with E-state index in [2.05, 4.69) is 19.2 Å². The first kappa shape index (κ1) is 24.2. The van der Waals surface area contributed by atoms with Crippen molar-refractivity contribution < 1.29 is 17.9 Å². The van der Waals surface area contributed by atoms with Crippen LogP contribution >= 0.6 is 0 Å². The number of piperazine rings is 1. The average molecular weight is 460 g/mol. The summed E-state index contributed by atoms with van der Waals surface area (Å²) in [6.07, 6.45) is 0. The van der Waals surface area contributed by atoms with Gasteiger partial charge in [-0.2, -0.15) is 4.31 Å². The van der Waals surface area contributed by atoms with Gasteiger partial charge in [-0.25, -0.2) is 8.42 Å². The summed E-state index contributed by atoms with van der Waals surface area (Å²) in [5, 5.41) is 3.21. The van der Waals surface area contributed by atoms with Crippen LogP contribution in [0, 0.1) is 0 Å². The van der Waals surface area contributed by atoms with E-state index in [0.717, 1.165) is 11.1 Å². The summed E-state index contributed by atoms with van der Waals surface area (Å²) in [6.45, 7) is 9.02. The molecule has 1 saturated heterocycles. The van der Waals surface area contributed by atoms with E-state index in [-0.39, 0.29) is 23.9 Å². The maximum Gasteiger partial charge on any atom is 0.243 e. The van der Waals surface area contributed by atoms with Gasteiger partial charge < -0.3 is 15.0 Å². The molecule has 1 aliphatic rings. The van der Waals surface area contributed by atoms with E-state index in [1.807, 2.05) is 43.3 Å². The van der Waals surface area contributed by atoms with Crippen molar-refractivity contribution in [3.63, 3.8) is 0 Å². The summed E-state index contributed by atoms with van der Waals surface area (Å²) in [7, 11) is -3.87. The Labute approximate surface area is 191 Å². The zero-order chi connectivity index (χ0) is 23.1. The number of benzene rings is 2. The second kappa shape index (κ2) is 10.9. The van der Waals surface area contributed by atoms with Crippen LogP contribution in [0.5, 0.6) is 5.75 Å². The molecule has 1 amide bonds. The van der Waals surface area contributed by atoms with E-state index in [0.29, 0.717) is 44.5 Å². The molecule has 1 aliphatic heterocycles. The van der Waals surface area contributed by atoms with Crippen molar-refractivity contribution in [2.75, 3.05) is 39.3 Å². The Kier molecular flexibility index (Phi) is 8.28. The third kappa shape index (κ3) is 6.09. The Morgan fingerprint density at radius 2 is 1.81 bits per heavy atom. The number of hydrogen-bond acceptors (Lipinski definition) is 5. The van der Waals surface area contributed by atoms with Crippen LogP contribution in [-0.2, 0) is 21.4 Å². The number of sulfonamides is 1. The van der Waals surface area contributed by atoms with Crippen molar-refractivity contribution >= 4 is 15.9 Å². The topological polar surface area (TPSA) is 79.0 Å². The molecule has 0 unspecified atom stereocenters. The van der Waals surface area contributed by atoms with Crippen molar-refractivity contribution in [3.05, 3.63) is 59.7 Å². The van der Waals surface area contributed by atoms with Crippen LogP contribution in [0.25, 0.3) is 0 Å². The molecule has 0 radical (unpaired) electrons. The van der Waals surface area contributed by atoms with Gasteiger partial charge in [-0.3, -0.25) is 4.79 Å². The highest BCUT2D eigenvalue weighted by atomic mass is 32.2. The van der Waals surface area contributed by atoms with Crippen LogP contribution in [0.3, 0.4) is 0 Å². The number of carbonyl (C=O) groups is 1. The maximum absolute atomic E-state index is 13.6. The highest BCUT2D eigenvalue weighted by molar-refractivity contribution is 7.89. The normalized spacial score (nSPS) is 14.7. The Hall–Kier alpha value is -2.42. The molecular weight excluding hydrogens is 426 g/mol. The molecule has 32 heavy (non-hydrogen) atoms. The summed E-state index contributed by atoms with van der Waals surface area (Å²) < 4.78 is 33.9. The van der Waals surface area contributed by atoms with Crippen LogP contribution in [-0.4, -0.2) is 62.9 Å². The monoisotopic (exact) mass is 459 g/mol. The molecule has 0 aromatic heterocycles. The van der Waals surface area contributed by atoms with Crippen LogP contribution in [0.1, 0.15) is 37.8 Å². The zero-order valence-corrected chi connectivity index (χ0v) is 19.9. The summed E-state index contributed by atoms with van der Waals surface area (Å²) >= 11 is 0. The minimum atomic E-state index is -3.87. The largest absolute Gasteiger partial charge is 0.494 e. The van der Waals surface area contributed by atoms with Crippen molar-refractivity contribution in [1.29, 1.82) is 0 Å². The van der Waals surface area contributed by atoms with Gasteiger partial charge in [-0.15, -0.1) is 0 Å². The molecule has 2 aromatic rings. The Balaban J connectivity index is 1.89. The smallest absolute Gasteiger partial charge is 0.243 e. The van der Waals surface area contributed by atoms with Gasteiger partial charge >= 0.3 is 0 Å². The predicted molar refractivity (Wildman–Crippen MR) is 125 cm³/mol. The summed E-state index contributed by atoms with van der Waals surface area (Å²) in [6, 6.07) is 14.3. The summed E-state index contributed by atoms with van der Waals surface area (Å²) in [4.78, 5) is 14.9. The highest BCUT2D eigenvalue weighted by Crippen LogP contribution is 2.23. The first-order chi connectivity index (χ1) is 15.3. The van der Waals surface area contributed by atoms with E-state index in [4.69, 9.17) is 4.74 Å². The lowest BCUT2D eigenvalue weighted by Crippen LogP contribution is -2.50. The average Bonchev–Trinajstić information content (AvgIpc) is 2.79. The zero-order valence-electron chi connectivity index (χ0n) is 19.1. The molecule has 2 aromatic carbocycles. The van der Waals surface area contributed by atoms with E-state index >= 15 is 0 Å². The van der Waals surface area contributed by atoms with Gasteiger partial charge in [0.25, 0.3) is 0 Å². The van der Waals surface area contributed by atoms with Crippen LogP contribution in [0.4, 0.5) is 0 Å². The van der Waals surface area contributed by atoms with Crippen LogP contribution in [0.2, 0.25) is 0 Å². The lowest BCUT2D eigenvalue weighted by atomic mass is 10.0. The second-order valence-electron chi connectivity index (χ2n) is 8.21. The molecule has 0 bridgehead atoms. The van der Waals surface area contributed by atoms with Crippen molar-refractivity contribution in [2.24, 2.45) is 0 Å². The minimum absolute atomic E-state index is 0.0903. The van der Waals surface area contributed by atoms with Gasteiger partial charge in [0.05, 0.1) is 18.0 Å². The van der Waals surface area contributed by atoms with Crippen LogP contribution in [0.15, 0.2) is 53.4 Å². The molecule has 174 valence electrons. The van der Waals surface area contributed by atoms with Gasteiger partial charge in [-0.1, -0.05) is 38.1 Å². The number of nitrogens with zero attached hydrogens (tertiary/aromatic N) is 2. The third-order valence-corrected chi connectivity index (χ3v) is 7.34. The SMILES string of the molecule is CCOc1cccc(CN(CC(=O)N2CCNCC2)S(=O)(=O)c2ccc(C(C)C)cc2)c1. The fourth-order valence-corrected chi connectivity index (χ4v) is 5.05. The van der Waals surface area contributed by atoms with Crippen LogP contribution < -0.4 is 10.1 Å². The lowest BCUT2D eigenvalue weighted by Gasteiger charge is -2.30. The number of rotatable bonds is 9. The van der Waals surface area contributed by atoms with E-state index in [1.165, 1.54) is 4.31 Å². The Morgan fingerprint density at radius 1 is 1.12 bits per heavy atom. The molecule has 7 nitrogen and oxygen atoms in total. The number of carbonyl (C=O) groups excluding carboxylic acids is 1. The maximum atomic E-state index is 13.6. The molecule has 3 rings (SSSR count). The first-order valence-electron chi connectivity index (χ1n) is 11.1. The second-order valence-corrected chi connectivity index (χ2v) is 10.1.